The normalized spacial score (nSPS) is 44.8. The first-order valence-electron chi connectivity index (χ1n) is 15.1. The van der Waals surface area contributed by atoms with E-state index in [9.17, 15) is 5.11 Å². The predicted molar refractivity (Wildman–Crippen MR) is 141 cm³/mol. The van der Waals surface area contributed by atoms with Crippen LogP contribution in [-0.4, -0.2) is 55.6 Å². The van der Waals surface area contributed by atoms with Crippen LogP contribution in [0.5, 0.6) is 0 Å². The number of hydrogen-bond donors (Lipinski definition) is 1. The Balaban J connectivity index is 1.02. The first kappa shape index (κ1) is 25.4. The quantitative estimate of drug-likeness (QED) is 0.444. The number of fused-ring (bicyclic) bond motifs is 5. The summed E-state index contributed by atoms with van der Waals surface area (Å²) in [6.45, 7) is 10.9. The molecule has 5 heteroatoms. The van der Waals surface area contributed by atoms with Gasteiger partial charge in [0.15, 0.2) is 0 Å². The highest BCUT2D eigenvalue weighted by Crippen LogP contribution is 2.70. The lowest BCUT2D eigenvalue weighted by molar-refractivity contribution is -0.165. The van der Waals surface area contributed by atoms with Gasteiger partial charge < -0.3 is 23.9 Å². The molecule has 1 aromatic heterocycles. The van der Waals surface area contributed by atoms with Gasteiger partial charge in [-0.1, -0.05) is 13.8 Å². The van der Waals surface area contributed by atoms with E-state index in [1.165, 1.54) is 64.5 Å². The highest BCUT2D eigenvalue weighted by molar-refractivity contribution is 5.26. The lowest BCUT2D eigenvalue weighted by Gasteiger charge is -2.61. The molecule has 0 amide bonds. The molecule has 1 aliphatic heterocycles. The Morgan fingerprint density at radius 1 is 0.972 bits per heavy atom. The summed E-state index contributed by atoms with van der Waals surface area (Å²) in [4.78, 5) is 2.51. The van der Waals surface area contributed by atoms with E-state index in [-0.39, 0.29) is 5.41 Å². The topological polar surface area (TPSA) is 55.1 Å². The smallest absolute Gasteiger partial charge is 0.0983 e. The molecule has 8 atom stereocenters. The Morgan fingerprint density at radius 2 is 1.81 bits per heavy atom. The summed E-state index contributed by atoms with van der Waals surface area (Å²) in [6.07, 6.45) is 17.5. The number of furan rings is 1. The van der Waals surface area contributed by atoms with Gasteiger partial charge in [0.25, 0.3) is 0 Å². The average Bonchev–Trinajstić information content (AvgIpc) is 3.64. The molecular weight excluding hydrogens is 450 g/mol. The van der Waals surface area contributed by atoms with E-state index in [1.807, 2.05) is 6.07 Å². The molecule has 1 unspecified atom stereocenters. The van der Waals surface area contributed by atoms with Crippen molar-refractivity contribution in [1.82, 2.24) is 4.90 Å². The van der Waals surface area contributed by atoms with Gasteiger partial charge in [-0.3, -0.25) is 0 Å². The SMILES string of the molecule is C[C@]12CC[C@H](OCCOCCN3CCCC3)CC1CC[C@@H]1[C@@H]2CC[C@@]2(C)[C@H]1CC[C@@]2(O)c1ccoc1. The maximum absolute atomic E-state index is 11.9. The van der Waals surface area contributed by atoms with Gasteiger partial charge >= 0.3 is 0 Å². The van der Waals surface area contributed by atoms with Crippen molar-refractivity contribution >= 4 is 0 Å². The first-order chi connectivity index (χ1) is 17.4. The molecule has 202 valence electrons. The van der Waals surface area contributed by atoms with Gasteiger partial charge in [0.2, 0.25) is 0 Å². The van der Waals surface area contributed by atoms with Crippen molar-refractivity contribution in [3.8, 4) is 0 Å². The summed E-state index contributed by atoms with van der Waals surface area (Å²) >= 11 is 0. The molecule has 1 aromatic rings. The maximum Gasteiger partial charge on any atom is 0.0983 e. The Bertz CT molecular complexity index is 868. The fraction of sp³-hybridized carbons (Fsp3) is 0.871. The average molecular weight is 500 g/mol. The van der Waals surface area contributed by atoms with Crippen molar-refractivity contribution in [3.63, 3.8) is 0 Å². The van der Waals surface area contributed by atoms with Gasteiger partial charge in [-0.25, -0.2) is 0 Å². The van der Waals surface area contributed by atoms with Crippen molar-refractivity contribution < 1.29 is 19.0 Å². The molecule has 1 saturated heterocycles. The van der Waals surface area contributed by atoms with E-state index in [4.69, 9.17) is 13.9 Å². The van der Waals surface area contributed by atoms with E-state index in [1.54, 1.807) is 12.5 Å². The third-order valence-electron chi connectivity index (χ3n) is 12.1. The van der Waals surface area contributed by atoms with Crippen LogP contribution in [0, 0.1) is 34.5 Å². The second kappa shape index (κ2) is 10.0. The number of aliphatic hydroxyl groups is 1. The Kier molecular flexibility index (Phi) is 7.07. The highest BCUT2D eigenvalue weighted by Gasteiger charge is 2.65. The minimum Gasteiger partial charge on any atom is -0.472 e. The zero-order valence-corrected chi connectivity index (χ0v) is 22.8. The fourth-order valence-corrected chi connectivity index (χ4v) is 9.94. The van der Waals surface area contributed by atoms with Crippen molar-refractivity contribution in [3.05, 3.63) is 24.2 Å². The second-order valence-electron chi connectivity index (χ2n) is 13.5. The molecule has 0 aromatic carbocycles. The summed E-state index contributed by atoms with van der Waals surface area (Å²) in [7, 11) is 0. The highest BCUT2D eigenvalue weighted by atomic mass is 16.5. The molecule has 0 bridgehead atoms. The van der Waals surface area contributed by atoms with Gasteiger partial charge in [-0.15, -0.1) is 0 Å². The van der Waals surface area contributed by atoms with Gasteiger partial charge in [0, 0.05) is 17.5 Å². The van der Waals surface area contributed by atoms with Crippen molar-refractivity contribution in [2.45, 2.75) is 96.2 Å². The molecule has 0 radical (unpaired) electrons. The molecule has 0 spiro atoms. The van der Waals surface area contributed by atoms with E-state index in [2.05, 4.69) is 18.7 Å². The van der Waals surface area contributed by atoms with Gasteiger partial charge in [0.1, 0.15) is 0 Å². The van der Waals surface area contributed by atoms with E-state index >= 15 is 0 Å². The van der Waals surface area contributed by atoms with Gasteiger partial charge in [-0.05, 0) is 119 Å². The van der Waals surface area contributed by atoms with Crippen LogP contribution in [0.2, 0.25) is 0 Å². The molecule has 2 heterocycles. The predicted octanol–water partition coefficient (Wildman–Crippen LogP) is 6.01. The molecule has 5 nitrogen and oxygen atoms in total. The lowest BCUT2D eigenvalue weighted by atomic mass is 9.44. The lowest BCUT2D eigenvalue weighted by Crippen LogP contribution is -2.56. The monoisotopic (exact) mass is 499 g/mol. The van der Waals surface area contributed by atoms with Crippen molar-refractivity contribution in [2.24, 2.45) is 34.5 Å². The number of likely N-dealkylation sites (tertiary alicyclic amines) is 1. The minimum atomic E-state index is -0.727. The summed E-state index contributed by atoms with van der Waals surface area (Å²) in [5, 5.41) is 11.9. The molecule has 4 aliphatic carbocycles. The standard InChI is InChI=1S/C31H49NO4/c1-29-11-7-25(36-20-19-34-18-16-32-14-3-4-15-32)21-23(29)5-6-26-27(29)8-12-30(2)28(26)9-13-31(30,33)24-10-17-35-22-24/h10,17,22-23,25-28,33H,3-9,11-16,18-21H2,1-2H3/t23?,25-,26+,27-,28-,29-,30-,31+/m0/s1. The van der Waals surface area contributed by atoms with E-state index < -0.39 is 5.60 Å². The molecule has 6 rings (SSSR count). The fourth-order valence-electron chi connectivity index (χ4n) is 9.94. The number of nitrogens with zero attached hydrogens (tertiary/aromatic N) is 1. The summed E-state index contributed by atoms with van der Waals surface area (Å²) in [6, 6.07) is 2.00. The minimum absolute atomic E-state index is 0.0314. The molecule has 1 N–H and O–H groups in total. The molecule has 5 aliphatic rings. The van der Waals surface area contributed by atoms with Crippen LogP contribution in [0.25, 0.3) is 0 Å². The van der Waals surface area contributed by atoms with Crippen LogP contribution in [0.15, 0.2) is 23.0 Å². The van der Waals surface area contributed by atoms with Crippen LogP contribution < -0.4 is 0 Å². The van der Waals surface area contributed by atoms with E-state index in [0.717, 1.165) is 68.9 Å². The summed E-state index contributed by atoms with van der Waals surface area (Å²) in [5.41, 5.74) is 0.682. The van der Waals surface area contributed by atoms with Crippen molar-refractivity contribution in [2.75, 3.05) is 39.5 Å². The number of ether oxygens (including phenoxy) is 2. The van der Waals surface area contributed by atoms with Crippen LogP contribution in [0.4, 0.5) is 0 Å². The second-order valence-corrected chi connectivity index (χ2v) is 13.5. The maximum atomic E-state index is 11.9. The van der Waals surface area contributed by atoms with Crippen LogP contribution in [0.3, 0.4) is 0 Å². The summed E-state index contributed by atoms with van der Waals surface area (Å²) < 4.78 is 17.6. The van der Waals surface area contributed by atoms with E-state index in [0.29, 0.717) is 17.4 Å². The summed E-state index contributed by atoms with van der Waals surface area (Å²) in [5.74, 6) is 2.97. The van der Waals surface area contributed by atoms with Crippen molar-refractivity contribution in [1.29, 1.82) is 0 Å². The number of rotatable bonds is 8. The number of hydrogen-bond acceptors (Lipinski definition) is 5. The van der Waals surface area contributed by atoms with Gasteiger partial charge in [-0.2, -0.15) is 0 Å². The Labute approximate surface area is 218 Å². The first-order valence-corrected chi connectivity index (χ1v) is 15.1. The third kappa shape index (κ3) is 4.21. The Morgan fingerprint density at radius 3 is 2.61 bits per heavy atom. The third-order valence-corrected chi connectivity index (χ3v) is 12.1. The van der Waals surface area contributed by atoms with Gasteiger partial charge in [0.05, 0.1) is 44.1 Å². The molecule has 4 saturated carbocycles. The zero-order valence-electron chi connectivity index (χ0n) is 22.8. The van der Waals surface area contributed by atoms with Crippen LogP contribution in [0.1, 0.15) is 90.0 Å². The van der Waals surface area contributed by atoms with Crippen LogP contribution >= 0.6 is 0 Å². The molecular formula is C31H49NO4. The zero-order chi connectivity index (χ0) is 24.8. The largest absolute Gasteiger partial charge is 0.472 e. The Hall–Kier alpha value is -0.880. The molecule has 5 fully saturated rings. The van der Waals surface area contributed by atoms with Crippen LogP contribution in [-0.2, 0) is 15.1 Å². The molecule has 36 heavy (non-hydrogen) atoms.